The molecule has 10 heteroatoms. The number of fused-ring (bicyclic) bond motifs is 1. The molecule has 2 saturated carbocycles. The lowest BCUT2D eigenvalue weighted by atomic mass is 9.94. The SMILES string of the molecule is C=CCNC(=O)C(=O)C(CC=C)NC(=O)[C@@H]1[C@H]2[C@@H](CN1C(=O)[C@@H](NC(=O)OC(C)(C)C)C1CCCC1)C2(C)C. The molecule has 3 rings (SSSR count). The quantitative estimate of drug-likeness (QED) is 0.270. The first kappa shape index (κ1) is 30.4. The van der Waals surface area contributed by atoms with E-state index in [0.717, 1.165) is 25.7 Å². The first-order valence-electron chi connectivity index (χ1n) is 13.9. The second-order valence-corrected chi connectivity index (χ2v) is 12.5. The Bertz CT molecular complexity index is 1010. The number of hydrogen-bond acceptors (Lipinski definition) is 6. The monoisotopic (exact) mass is 544 g/mol. The van der Waals surface area contributed by atoms with Crippen LogP contribution in [-0.4, -0.2) is 71.3 Å². The molecule has 1 unspecified atom stereocenters. The van der Waals surface area contributed by atoms with E-state index in [1.165, 1.54) is 12.2 Å². The molecule has 0 aromatic carbocycles. The van der Waals surface area contributed by atoms with Gasteiger partial charge in [-0.15, -0.1) is 13.2 Å². The standard InChI is InChI=1S/C29H44N4O6/c1-8-12-19(23(34)25(36)30-15-9-2)31-24(35)22-20-18(29(20,6)7)16-33(22)26(37)21(17-13-10-11-14-17)32-27(38)39-28(3,4)5/h8-9,17-22H,1-2,10-16H2,3-7H3,(H,30,36)(H,31,35)(H,32,38)/t18-,19?,20-,21+,22+/m1/s1. The van der Waals surface area contributed by atoms with Gasteiger partial charge in [0.15, 0.2) is 0 Å². The highest BCUT2D eigenvalue weighted by atomic mass is 16.6. The maximum atomic E-state index is 14.0. The fraction of sp³-hybridized carbons (Fsp3) is 0.690. The van der Waals surface area contributed by atoms with Gasteiger partial charge in [-0.2, -0.15) is 0 Å². The second kappa shape index (κ2) is 11.9. The van der Waals surface area contributed by atoms with Gasteiger partial charge < -0.3 is 25.6 Å². The van der Waals surface area contributed by atoms with Gasteiger partial charge in [-0.05, 0) is 63.2 Å². The van der Waals surface area contributed by atoms with Crippen LogP contribution >= 0.6 is 0 Å². The Morgan fingerprint density at radius 3 is 2.26 bits per heavy atom. The van der Waals surface area contributed by atoms with Crippen LogP contribution < -0.4 is 16.0 Å². The van der Waals surface area contributed by atoms with Gasteiger partial charge in [0.2, 0.25) is 17.6 Å². The van der Waals surface area contributed by atoms with Gasteiger partial charge in [-0.3, -0.25) is 19.2 Å². The Morgan fingerprint density at radius 1 is 1.05 bits per heavy atom. The summed E-state index contributed by atoms with van der Waals surface area (Å²) < 4.78 is 5.44. The zero-order chi connectivity index (χ0) is 29.1. The van der Waals surface area contributed by atoms with E-state index in [0.29, 0.717) is 6.54 Å². The molecule has 1 aliphatic heterocycles. The molecule has 5 atom stereocenters. The lowest BCUT2D eigenvalue weighted by Gasteiger charge is -2.35. The van der Waals surface area contributed by atoms with Crippen LogP contribution in [-0.2, 0) is 23.9 Å². The molecule has 0 spiro atoms. The number of ketones is 1. The smallest absolute Gasteiger partial charge is 0.408 e. The Kier molecular flexibility index (Phi) is 9.28. The number of amides is 4. The Balaban J connectivity index is 1.82. The summed E-state index contributed by atoms with van der Waals surface area (Å²) in [5, 5.41) is 7.97. The van der Waals surface area contributed by atoms with E-state index >= 15 is 0 Å². The molecule has 3 fully saturated rings. The van der Waals surface area contributed by atoms with E-state index in [1.54, 1.807) is 25.7 Å². The van der Waals surface area contributed by atoms with Crippen molar-refractivity contribution in [3.8, 4) is 0 Å². The predicted octanol–water partition coefficient (Wildman–Crippen LogP) is 2.49. The van der Waals surface area contributed by atoms with Gasteiger partial charge >= 0.3 is 6.09 Å². The Labute approximate surface area is 231 Å². The summed E-state index contributed by atoms with van der Waals surface area (Å²) in [6.45, 7) is 17.1. The average Bonchev–Trinajstić information content (AvgIpc) is 3.30. The lowest BCUT2D eigenvalue weighted by molar-refractivity contribution is -0.144. The van der Waals surface area contributed by atoms with Gasteiger partial charge in [-0.1, -0.05) is 38.8 Å². The third kappa shape index (κ3) is 6.89. The molecule has 1 saturated heterocycles. The molecule has 2 aliphatic carbocycles. The molecular formula is C29H44N4O6. The van der Waals surface area contributed by atoms with Crippen LogP contribution in [0.5, 0.6) is 0 Å². The van der Waals surface area contributed by atoms with E-state index in [4.69, 9.17) is 4.74 Å². The summed E-state index contributed by atoms with van der Waals surface area (Å²) in [7, 11) is 0. The molecule has 3 aliphatic rings. The molecule has 4 amide bonds. The number of nitrogens with zero attached hydrogens (tertiary/aromatic N) is 1. The van der Waals surface area contributed by atoms with Crippen molar-refractivity contribution >= 4 is 29.6 Å². The zero-order valence-corrected chi connectivity index (χ0v) is 23.9. The van der Waals surface area contributed by atoms with Gasteiger partial charge in [0.25, 0.3) is 5.91 Å². The lowest BCUT2D eigenvalue weighted by Crippen LogP contribution is -2.59. The van der Waals surface area contributed by atoms with Crippen molar-refractivity contribution in [2.45, 2.75) is 90.4 Å². The van der Waals surface area contributed by atoms with Gasteiger partial charge in [0, 0.05) is 13.1 Å². The highest BCUT2D eigenvalue weighted by Gasteiger charge is 2.69. The van der Waals surface area contributed by atoms with Crippen molar-refractivity contribution in [2.75, 3.05) is 13.1 Å². The van der Waals surface area contributed by atoms with E-state index < -0.39 is 47.4 Å². The van der Waals surface area contributed by atoms with E-state index in [-0.39, 0.29) is 42.0 Å². The number of carbonyl (C=O) groups excluding carboxylic acids is 5. The maximum absolute atomic E-state index is 14.0. The molecule has 0 radical (unpaired) electrons. The highest BCUT2D eigenvalue weighted by molar-refractivity contribution is 6.38. The maximum Gasteiger partial charge on any atom is 0.408 e. The summed E-state index contributed by atoms with van der Waals surface area (Å²) in [6.07, 6.45) is 5.84. The van der Waals surface area contributed by atoms with Crippen molar-refractivity contribution < 1.29 is 28.7 Å². The van der Waals surface area contributed by atoms with Crippen LogP contribution in [0.4, 0.5) is 4.79 Å². The third-order valence-electron chi connectivity index (χ3n) is 8.24. The third-order valence-corrected chi connectivity index (χ3v) is 8.24. The number of nitrogens with one attached hydrogen (secondary N) is 3. The molecule has 1 heterocycles. The molecule has 39 heavy (non-hydrogen) atoms. The van der Waals surface area contributed by atoms with Crippen molar-refractivity contribution in [3.05, 3.63) is 25.3 Å². The first-order valence-corrected chi connectivity index (χ1v) is 13.9. The fourth-order valence-electron chi connectivity index (χ4n) is 6.16. The molecule has 0 bridgehead atoms. The summed E-state index contributed by atoms with van der Waals surface area (Å²) in [5.74, 6) is -2.44. The minimum Gasteiger partial charge on any atom is -0.444 e. The summed E-state index contributed by atoms with van der Waals surface area (Å²) >= 11 is 0. The summed E-state index contributed by atoms with van der Waals surface area (Å²) in [5.41, 5.74) is -0.876. The number of carbonyl (C=O) groups is 5. The number of Topliss-reactive ketones (excluding diaryl/α,β-unsaturated/α-hetero) is 1. The molecule has 3 N–H and O–H groups in total. The van der Waals surface area contributed by atoms with Crippen molar-refractivity contribution in [2.24, 2.45) is 23.2 Å². The minimum atomic E-state index is -1.11. The number of piperidine rings is 1. The van der Waals surface area contributed by atoms with Crippen LogP contribution in [0.25, 0.3) is 0 Å². The fourth-order valence-corrected chi connectivity index (χ4v) is 6.16. The molecule has 10 nitrogen and oxygen atoms in total. The Morgan fingerprint density at radius 2 is 1.69 bits per heavy atom. The van der Waals surface area contributed by atoms with Crippen molar-refractivity contribution in [1.29, 1.82) is 0 Å². The number of ether oxygens (including phenoxy) is 1. The van der Waals surface area contributed by atoms with Crippen LogP contribution in [0, 0.1) is 23.2 Å². The normalized spacial score (nSPS) is 25.1. The van der Waals surface area contributed by atoms with Crippen LogP contribution in [0.3, 0.4) is 0 Å². The second-order valence-electron chi connectivity index (χ2n) is 12.5. The largest absolute Gasteiger partial charge is 0.444 e. The van der Waals surface area contributed by atoms with Crippen molar-refractivity contribution in [3.63, 3.8) is 0 Å². The van der Waals surface area contributed by atoms with E-state index in [9.17, 15) is 24.0 Å². The number of hydrogen-bond donors (Lipinski definition) is 3. The van der Waals surface area contributed by atoms with Gasteiger partial charge in [0.1, 0.15) is 23.7 Å². The highest BCUT2D eigenvalue weighted by Crippen LogP contribution is 2.65. The zero-order valence-electron chi connectivity index (χ0n) is 23.9. The van der Waals surface area contributed by atoms with Crippen LogP contribution in [0.1, 0.15) is 66.7 Å². The topological polar surface area (TPSA) is 134 Å². The molecule has 216 valence electrons. The predicted molar refractivity (Wildman–Crippen MR) is 146 cm³/mol. The average molecular weight is 545 g/mol. The van der Waals surface area contributed by atoms with Crippen LogP contribution in [0.2, 0.25) is 0 Å². The summed E-state index contributed by atoms with van der Waals surface area (Å²) in [6, 6.07) is -2.74. The molecule has 0 aromatic heterocycles. The van der Waals surface area contributed by atoms with E-state index in [1.807, 2.05) is 0 Å². The van der Waals surface area contributed by atoms with Crippen molar-refractivity contribution in [1.82, 2.24) is 20.9 Å². The van der Waals surface area contributed by atoms with Gasteiger partial charge in [-0.25, -0.2) is 4.79 Å². The Hall–Kier alpha value is -3.17. The molecular weight excluding hydrogens is 500 g/mol. The molecule has 0 aromatic rings. The van der Waals surface area contributed by atoms with E-state index in [2.05, 4.69) is 43.0 Å². The number of rotatable bonds is 11. The first-order chi connectivity index (χ1) is 18.2. The number of likely N-dealkylation sites (tertiary alicyclic amines) is 1. The number of alkyl carbamates (subject to hydrolysis) is 1. The van der Waals surface area contributed by atoms with Crippen LogP contribution in [0.15, 0.2) is 25.3 Å². The minimum absolute atomic E-state index is 0.0534. The summed E-state index contributed by atoms with van der Waals surface area (Å²) in [4.78, 5) is 67.1. The van der Waals surface area contributed by atoms with Gasteiger partial charge in [0.05, 0.1) is 0 Å².